The van der Waals surface area contributed by atoms with Gasteiger partial charge in [-0.3, -0.25) is 4.65 Å². The first-order chi connectivity index (χ1) is 8.69. The summed E-state index contributed by atoms with van der Waals surface area (Å²) < 4.78 is 4.47. The molecule has 0 spiro atoms. The van der Waals surface area contributed by atoms with E-state index in [1.54, 1.807) is 24.3 Å². The number of guanidine groups is 1. The van der Waals surface area contributed by atoms with Gasteiger partial charge in [-0.2, -0.15) is 4.99 Å². The Hall–Kier alpha value is -1.70. The first-order valence-corrected chi connectivity index (χ1v) is 5.84. The van der Waals surface area contributed by atoms with E-state index in [2.05, 4.69) is 10.1 Å². The van der Waals surface area contributed by atoms with E-state index in [-0.39, 0.29) is 19.0 Å². The normalized spacial score (nSPS) is 29.6. The average molecular weight is 249 g/mol. The lowest BCUT2D eigenvalue weighted by Gasteiger charge is -2.41. The average Bonchev–Trinajstić information content (AvgIpc) is 2.39. The summed E-state index contributed by atoms with van der Waals surface area (Å²) in [6.45, 7) is 1.22. The highest BCUT2D eigenvalue weighted by atomic mass is 16.6. The zero-order valence-corrected chi connectivity index (χ0v) is 9.73. The number of hydrogen-bond donors (Lipinski definition) is 0. The number of quaternary nitrogens is 1. The van der Waals surface area contributed by atoms with E-state index in [1.165, 1.54) is 0 Å². The molecule has 0 aromatic heterocycles. The molecule has 0 saturated carbocycles. The van der Waals surface area contributed by atoms with Crippen LogP contribution in [0.5, 0.6) is 0 Å². The third-order valence-electron chi connectivity index (χ3n) is 3.19. The standard InChI is InChI=1S/C11H13N4O3/c16-14-10-4-2-1-3-9(10)12-11(13-14)15(17)5-7-18-8-6-15/h1-4,10H,5-8H2/q+1. The van der Waals surface area contributed by atoms with Gasteiger partial charge >= 0.3 is 5.96 Å². The van der Waals surface area contributed by atoms with Gasteiger partial charge in [0.2, 0.25) is 0 Å². The fourth-order valence-electron chi connectivity index (χ4n) is 2.11. The third-order valence-corrected chi connectivity index (χ3v) is 3.19. The van der Waals surface area contributed by atoms with Gasteiger partial charge in [-0.15, -0.1) is 0 Å². The molecule has 0 aromatic rings. The van der Waals surface area contributed by atoms with Crippen LogP contribution in [0.3, 0.4) is 0 Å². The van der Waals surface area contributed by atoms with Crippen LogP contribution in [-0.2, 0) is 4.74 Å². The van der Waals surface area contributed by atoms with Crippen LogP contribution in [0.15, 0.2) is 34.4 Å². The largest absolute Gasteiger partial charge is 0.625 e. The molecule has 1 saturated heterocycles. The minimum absolute atomic E-state index is 0.0273. The van der Waals surface area contributed by atoms with Gasteiger partial charge in [0.25, 0.3) is 6.04 Å². The summed E-state index contributed by atoms with van der Waals surface area (Å²) in [6.07, 6.45) is 7.00. The number of aliphatic imine (C=N–C) groups is 1. The molecule has 0 amide bonds. The second kappa shape index (κ2) is 4.20. The highest BCUT2D eigenvalue weighted by molar-refractivity contribution is 6.07. The summed E-state index contributed by atoms with van der Waals surface area (Å²) in [5.74, 6) is 0.0273. The second-order valence-corrected chi connectivity index (χ2v) is 4.38. The summed E-state index contributed by atoms with van der Waals surface area (Å²) in [7, 11) is 0. The lowest BCUT2D eigenvalue weighted by atomic mass is 10.1. The van der Waals surface area contributed by atoms with Crippen LogP contribution >= 0.6 is 0 Å². The van der Waals surface area contributed by atoms with Crippen molar-refractivity contribution in [1.82, 2.24) is 0 Å². The number of hydrogen-bond acceptors (Lipinski definition) is 4. The number of ether oxygens (including phenoxy) is 1. The Bertz CT molecular complexity index is 500. The lowest BCUT2D eigenvalue weighted by molar-refractivity contribution is -0.805. The van der Waals surface area contributed by atoms with Crippen LogP contribution in [0, 0.1) is 10.1 Å². The van der Waals surface area contributed by atoms with Gasteiger partial charge in [0.1, 0.15) is 23.9 Å². The van der Waals surface area contributed by atoms with Crippen LogP contribution in [0.25, 0.3) is 0 Å². The van der Waals surface area contributed by atoms with Crippen molar-refractivity contribution < 1.29 is 14.3 Å². The maximum absolute atomic E-state index is 12.5. The summed E-state index contributed by atoms with van der Waals surface area (Å²) in [4.78, 5) is 16.6. The first kappa shape index (κ1) is 11.4. The molecule has 0 radical (unpaired) electrons. The molecule has 7 nitrogen and oxygen atoms in total. The van der Waals surface area contributed by atoms with E-state index in [9.17, 15) is 10.1 Å². The molecule has 1 unspecified atom stereocenters. The monoisotopic (exact) mass is 249 g/mol. The Balaban J connectivity index is 1.94. The van der Waals surface area contributed by atoms with Gasteiger partial charge in [0.15, 0.2) is 4.87 Å². The van der Waals surface area contributed by atoms with E-state index < -0.39 is 10.7 Å². The van der Waals surface area contributed by atoms with Gasteiger partial charge in [0.05, 0.1) is 18.1 Å². The minimum Gasteiger partial charge on any atom is -0.625 e. The number of nitrogens with zero attached hydrogens (tertiary/aromatic N) is 4. The highest BCUT2D eigenvalue weighted by Gasteiger charge is 2.41. The predicted octanol–water partition coefficient (Wildman–Crippen LogP) is 0.330. The van der Waals surface area contributed by atoms with E-state index in [0.29, 0.717) is 23.8 Å². The Kier molecular flexibility index (Phi) is 2.66. The van der Waals surface area contributed by atoms with Crippen molar-refractivity contribution in [3.8, 4) is 0 Å². The van der Waals surface area contributed by atoms with Crippen molar-refractivity contribution in [3.05, 3.63) is 34.4 Å². The first-order valence-electron chi connectivity index (χ1n) is 5.84. The van der Waals surface area contributed by atoms with Crippen LogP contribution < -0.4 is 0 Å². The Morgan fingerprint density at radius 2 is 2.17 bits per heavy atom. The van der Waals surface area contributed by atoms with Crippen molar-refractivity contribution in [1.29, 1.82) is 0 Å². The Labute approximate surface area is 103 Å². The maximum Gasteiger partial charge on any atom is 0.393 e. The van der Waals surface area contributed by atoms with Crippen LogP contribution in [0.4, 0.5) is 0 Å². The number of rotatable bonds is 0. The van der Waals surface area contributed by atoms with Gasteiger partial charge < -0.3 is 9.94 Å². The molecule has 18 heavy (non-hydrogen) atoms. The minimum atomic E-state index is -0.688. The van der Waals surface area contributed by atoms with Crippen molar-refractivity contribution >= 4 is 11.7 Å². The van der Waals surface area contributed by atoms with E-state index in [4.69, 9.17) is 4.74 Å². The maximum atomic E-state index is 12.5. The zero-order valence-electron chi connectivity index (χ0n) is 9.73. The number of nitroso groups, excluding NO2 is 1. The number of allylic oxidation sites excluding steroid dienone is 2. The molecule has 7 heteroatoms. The fraction of sp³-hybridized carbons (Fsp3) is 0.455. The van der Waals surface area contributed by atoms with Crippen molar-refractivity contribution in [3.63, 3.8) is 0 Å². The molecule has 0 bridgehead atoms. The van der Waals surface area contributed by atoms with Crippen molar-refractivity contribution in [2.75, 3.05) is 26.3 Å². The van der Waals surface area contributed by atoms with Crippen LogP contribution in [0.1, 0.15) is 0 Å². The summed E-state index contributed by atoms with van der Waals surface area (Å²) in [6, 6.07) is -0.508. The van der Waals surface area contributed by atoms with Gasteiger partial charge in [-0.05, 0) is 12.2 Å². The SMILES string of the molecule is O=[N+]1N=C([N+]2([O-])CCOCC2)N=C2C=CC=CC21. The Morgan fingerprint density at radius 3 is 2.94 bits per heavy atom. The van der Waals surface area contributed by atoms with E-state index in [0.717, 1.165) is 0 Å². The number of fused-ring (bicyclic) bond motifs is 1. The van der Waals surface area contributed by atoms with Crippen molar-refractivity contribution in [2.24, 2.45) is 10.1 Å². The molecule has 3 aliphatic rings. The molecule has 0 N–H and O–H groups in total. The molecule has 1 aliphatic carbocycles. The molecule has 1 fully saturated rings. The highest BCUT2D eigenvalue weighted by Crippen LogP contribution is 2.18. The molecular formula is C11H13N4O3+. The molecular weight excluding hydrogens is 236 g/mol. The summed E-state index contributed by atoms with van der Waals surface area (Å²) in [5, 5.41) is 16.3. The zero-order chi connectivity index (χ0) is 12.6. The molecule has 3 rings (SSSR count). The molecule has 94 valence electrons. The number of hydroxylamine groups is 3. The van der Waals surface area contributed by atoms with Crippen LogP contribution in [0.2, 0.25) is 0 Å². The summed E-state index contributed by atoms with van der Waals surface area (Å²) in [5.41, 5.74) is 0.567. The van der Waals surface area contributed by atoms with Gasteiger partial charge in [-0.1, -0.05) is 12.2 Å². The molecule has 2 aliphatic heterocycles. The predicted molar refractivity (Wildman–Crippen MR) is 64.7 cm³/mol. The smallest absolute Gasteiger partial charge is 0.393 e. The lowest BCUT2D eigenvalue weighted by Crippen LogP contribution is -2.55. The topological polar surface area (TPSA) is 77.1 Å². The Morgan fingerprint density at radius 1 is 1.39 bits per heavy atom. The number of morpholine rings is 1. The molecule has 2 heterocycles. The second-order valence-electron chi connectivity index (χ2n) is 4.38. The van der Waals surface area contributed by atoms with Crippen LogP contribution in [-0.4, -0.2) is 53.5 Å². The fourth-order valence-corrected chi connectivity index (χ4v) is 2.11. The molecule has 1 atom stereocenters. The van der Waals surface area contributed by atoms with E-state index in [1.807, 2.05) is 0 Å². The van der Waals surface area contributed by atoms with E-state index >= 15 is 0 Å². The van der Waals surface area contributed by atoms with Crippen molar-refractivity contribution in [2.45, 2.75) is 6.04 Å². The third kappa shape index (κ3) is 1.82. The number of hydrazone groups is 1. The quantitative estimate of drug-likeness (QED) is 0.352. The molecule has 0 aromatic carbocycles. The summed E-state index contributed by atoms with van der Waals surface area (Å²) >= 11 is 0. The van der Waals surface area contributed by atoms with Gasteiger partial charge in [0, 0.05) is 0 Å². The van der Waals surface area contributed by atoms with Gasteiger partial charge in [-0.25, -0.2) is 0 Å².